The maximum absolute atomic E-state index is 12.1. The van der Waals surface area contributed by atoms with Gasteiger partial charge in [0, 0.05) is 0 Å². The quantitative estimate of drug-likeness (QED) is 0.589. The minimum atomic E-state index is -0.641. The lowest BCUT2D eigenvalue weighted by atomic mass is 9.91. The second-order valence-electron chi connectivity index (χ2n) is 4.46. The number of fused-ring (bicyclic) bond motifs is 2. The van der Waals surface area contributed by atoms with Crippen molar-refractivity contribution < 1.29 is 19.1 Å². The molecule has 2 rings (SSSR count). The van der Waals surface area contributed by atoms with Crippen molar-refractivity contribution in [3.63, 3.8) is 0 Å². The first-order chi connectivity index (χ1) is 9.69. The fraction of sp³-hybridized carbons (Fsp3) is 0.250. The van der Waals surface area contributed by atoms with Gasteiger partial charge in [0.25, 0.3) is 0 Å². The van der Waals surface area contributed by atoms with Crippen molar-refractivity contribution in [1.82, 2.24) is 0 Å². The highest BCUT2D eigenvalue weighted by atomic mass is 16.5. The molecule has 0 heterocycles. The van der Waals surface area contributed by atoms with Crippen LogP contribution in [0.4, 0.5) is 0 Å². The van der Waals surface area contributed by atoms with Crippen molar-refractivity contribution in [1.29, 1.82) is 0 Å². The van der Waals surface area contributed by atoms with E-state index in [1.807, 2.05) is 24.3 Å². The molecule has 0 saturated heterocycles. The molecule has 0 radical (unpaired) electrons. The smallest absolute Gasteiger partial charge is 0.314 e. The fourth-order valence-corrected chi connectivity index (χ4v) is 2.34. The highest BCUT2D eigenvalue weighted by Gasteiger charge is 2.42. The Balaban J connectivity index is 2.22. The predicted molar refractivity (Wildman–Crippen MR) is 74.2 cm³/mol. The number of hydrogen-bond acceptors (Lipinski definition) is 4. The number of ether oxygens (including phenoxy) is 2. The van der Waals surface area contributed by atoms with Gasteiger partial charge in [-0.15, -0.1) is 0 Å². The lowest BCUT2D eigenvalue weighted by Gasteiger charge is -2.18. The number of esters is 2. The van der Waals surface area contributed by atoms with Crippen LogP contribution in [0.1, 0.15) is 23.0 Å². The molecule has 2 atom stereocenters. The molecule has 104 valence electrons. The lowest BCUT2D eigenvalue weighted by molar-refractivity contribution is -0.152. The van der Waals surface area contributed by atoms with Crippen LogP contribution in [0.5, 0.6) is 0 Å². The third-order valence-corrected chi connectivity index (χ3v) is 3.16. The van der Waals surface area contributed by atoms with Crippen molar-refractivity contribution in [2.24, 2.45) is 0 Å². The van der Waals surface area contributed by atoms with E-state index >= 15 is 0 Å². The Morgan fingerprint density at radius 1 is 1.00 bits per heavy atom. The van der Waals surface area contributed by atoms with E-state index in [-0.39, 0.29) is 13.2 Å². The molecule has 1 aliphatic rings. The molecule has 0 amide bonds. The number of hydrogen-bond donors (Lipinski definition) is 0. The Labute approximate surface area is 117 Å². The van der Waals surface area contributed by atoms with Crippen LogP contribution in [0.15, 0.2) is 49.6 Å². The van der Waals surface area contributed by atoms with Crippen LogP contribution in [-0.2, 0) is 19.1 Å². The highest BCUT2D eigenvalue weighted by Crippen LogP contribution is 2.41. The van der Waals surface area contributed by atoms with Gasteiger partial charge in [0.15, 0.2) is 0 Å². The second kappa shape index (κ2) is 6.19. The Hall–Kier alpha value is -2.36. The van der Waals surface area contributed by atoms with E-state index in [4.69, 9.17) is 9.47 Å². The standard InChI is InChI=1S/C16H16O4/c1-3-8-19-15(17)13-11-6-5-7-12(10-11)14(13)16(18)20-9-4-2/h3-7,10,13-14H,1-2,8-9H2. The molecule has 4 heteroatoms. The molecule has 0 saturated carbocycles. The van der Waals surface area contributed by atoms with Gasteiger partial charge in [-0.1, -0.05) is 49.6 Å². The highest BCUT2D eigenvalue weighted by molar-refractivity contribution is 5.92. The van der Waals surface area contributed by atoms with Crippen LogP contribution in [-0.4, -0.2) is 25.2 Å². The van der Waals surface area contributed by atoms with Gasteiger partial charge in [-0.25, -0.2) is 0 Å². The second-order valence-corrected chi connectivity index (χ2v) is 4.46. The molecule has 0 fully saturated rings. The van der Waals surface area contributed by atoms with Gasteiger partial charge in [0.2, 0.25) is 0 Å². The molecule has 4 nitrogen and oxygen atoms in total. The van der Waals surface area contributed by atoms with E-state index in [0.29, 0.717) is 0 Å². The molecule has 1 aromatic rings. The zero-order valence-corrected chi connectivity index (χ0v) is 11.1. The first-order valence-corrected chi connectivity index (χ1v) is 6.34. The van der Waals surface area contributed by atoms with Crippen LogP contribution in [0.25, 0.3) is 0 Å². The normalized spacial score (nSPS) is 19.2. The van der Waals surface area contributed by atoms with Crippen molar-refractivity contribution in [2.45, 2.75) is 11.8 Å². The molecule has 0 aliphatic heterocycles. The maximum atomic E-state index is 12.1. The molecule has 2 bridgehead atoms. The molecule has 2 unspecified atom stereocenters. The van der Waals surface area contributed by atoms with Crippen LogP contribution in [0, 0.1) is 0 Å². The zero-order chi connectivity index (χ0) is 14.5. The largest absolute Gasteiger partial charge is 0.461 e. The molecular weight excluding hydrogens is 256 g/mol. The summed E-state index contributed by atoms with van der Waals surface area (Å²) in [5.41, 5.74) is 1.55. The maximum Gasteiger partial charge on any atom is 0.314 e. The van der Waals surface area contributed by atoms with Gasteiger partial charge in [0.05, 0.1) is 11.8 Å². The minimum absolute atomic E-state index is 0.125. The predicted octanol–water partition coefficient (Wildman–Crippen LogP) is 2.33. The van der Waals surface area contributed by atoms with Gasteiger partial charge in [-0.05, 0) is 11.1 Å². The molecule has 0 N–H and O–H groups in total. The Morgan fingerprint density at radius 3 is 1.85 bits per heavy atom. The average molecular weight is 272 g/mol. The zero-order valence-electron chi connectivity index (χ0n) is 11.1. The topological polar surface area (TPSA) is 52.6 Å². The summed E-state index contributed by atoms with van der Waals surface area (Å²) in [6.45, 7) is 7.25. The Bertz CT molecular complexity index is 502. The summed E-state index contributed by atoms with van der Waals surface area (Å²) >= 11 is 0. The van der Waals surface area contributed by atoms with E-state index < -0.39 is 23.8 Å². The van der Waals surface area contributed by atoms with Crippen molar-refractivity contribution in [2.75, 3.05) is 13.2 Å². The Morgan fingerprint density at radius 2 is 1.45 bits per heavy atom. The summed E-state index contributed by atoms with van der Waals surface area (Å²) in [6.07, 6.45) is 2.99. The third kappa shape index (κ3) is 2.64. The van der Waals surface area contributed by atoms with Crippen LogP contribution < -0.4 is 0 Å². The summed E-state index contributed by atoms with van der Waals surface area (Å²) in [4.78, 5) is 24.3. The van der Waals surface area contributed by atoms with E-state index in [0.717, 1.165) is 11.1 Å². The molecule has 1 aliphatic carbocycles. The lowest BCUT2D eigenvalue weighted by Crippen LogP contribution is -2.26. The summed E-state index contributed by atoms with van der Waals surface area (Å²) in [7, 11) is 0. The number of carbonyl (C=O) groups is 2. The SMILES string of the molecule is C=CCOC(=O)C1c2cccc(c2)C1C(=O)OCC=C. The molecule has 0 aromatic heterocycles. The summed E-state index contributed by atoms with van der Waals surface area (Å²) in [5.74, 6) is -2.16. The summed E-state index contributed by atoms with van der Waals surface area (Å²) < 4.78 is 10.2. The first-order valence-electron chi connectivity index (χ1n) is 6.34. The fourth-order valence-electron chi connectivity index (χ4n) is 2.34. The molecular formula is C16H16O4. The summed E-state index contributed by atoms with van der Waals surface area (Å²) in [5, 5.41) is 0. The number of benzene rings is 1. The summed E-state index contributed by atoms with van der Waals surface area (Å²) in [6, 6.07) is 7.27. The Kier molecular flexibility index (Phi) is 4.35. The van der Waals surface area contributed by atoms with Crippen LogP contribution in [0.3, 0.4) is 0 Å². The van der Waals surface area contributed by atoms with Crippen molar-refractivity contribution in [3.8, 4) is 0 Å². The van der Waals surface area contributed by atoms with Crippen molar-refractivity contribution >= 4 is 11.9 Å². The van der Waals surface area contributed by atoms with Crippen molar-refractivity contribution in [3.05, 3.63) is 60.7 Å². The first kappa shape index (κ1) is 14.1. The van der Waals surface area contributed by atoms with Gasteiger partial charge in [0.1, 0.15) is 13.2 Å². The monoisotopic (exact) mass is 272 g/mol. The average Bonchev–Trinajstić information content (AvgIpc) is 2.72. The van der Waals surface area contributed by atoms with E-state index in [9.17, 15) is 9.59 Å². The third-order valence-electron chi connectivity index (χ3n) is 3.16. The van der Waals surface area contributed by atoms with E-state index in [1.54, 1.807) is 0 Å². The molecule has 0 spiro atoms. The number of carbonyl (C=O) groups excluding carboxylic acids is 2. The van der Waals surface area contributed by atoms with Gasteiger partial charge in [-0.2, -0.15) is 0 Å². The van der Waals surface area contributed by atoms with E-state index in [2.05, 4.69) is 13.2 Å². The van der Waals surface area contributed by atoms with Gasteiger partial charge in [-0.3, -0.25) is 9.59 Å². The minimum Gasteiger partial charge on any atom is -0.461 e. The van der Waals surface area contributed by atoms with E-state index in [1.165, 1.54) is 12.2 Å². The van der Waals surface area contributed by atoms with Crippen LogP contribution >= 0.6 is 0 Å². The molecule has 20 heavy (non-hydrogen) atoms. The molecule has 1 aromatic carbocycles. The van der Waals surface area contributed by atoms with Gasteiger partial charge >= 0.3 is 11.9 Å². The number of rotatable bonds is 6. The van der Waals surface area contributed by atoms with Gasteiger partial charge < -0.3 is 9.47 Å². The van der Waals surface area contributed by atoms with Crippen LogP contribution in [0.2, 0.25) is 0 Å².